The largest absolute Gasteiger partial charge is 0.340 e. The van der Waals surface area contributed by atoms with Crippen LogP contribution in [0, 0.1) is 0 Å². The van der Waals surface area contributed by atoms with Crippen molar-refractivity contribution in [1.29, 1.82) is 0 Å². The molecule has 0 saturated heterocycles. The van der Waals surface area contributed by atoms with Crippen LogP contribution in [0.5, 0.6) is 0 Å². The van der Waals surface area contributed by atoms with Crippen molar-refractivity contribution >= 4 is 22.5 Å². The molecule has 0 fully saturated rings. The molecule has 0 aliphatic rings. The maximum absolute atomic E-state index is 12.5. The molecule has 0 bridgehead atoms. The second-order valence-electron chi connectivity index (χ2n) is 5.82. The highest BCUT2D eigenvalue weighted by atomic mass is 16.2. The smallest absolute Gasteiger partial charge is 0.338 e. The number of H-pyrrole nitrogens is 2. The first-order valence-electron chi connectivity index (χ1n) is 7.93. The summed E-state index contributed by atoms with van der Waals surface area (Å²) in [6.07, 6.45) is 0.238. The summed E-state index contributed by atoms with van der Waals surface area (Å²) < 4.78 is 0. The van der Waals surface area contributed by atoms with Crippen molar-refractivity contribution in [1.82, 2.24) is 20.1 Å². The average molecular weight is 338 g/mol. The van der Waals surface area contributed by atoms with Gasteiger partial charge in [-0.1, -0.05) is 42.5 Å². The van der Waals surface area contributed by atoms with Crippen LogP contribution >= 0.6 is 0 Å². The average Bonchev–Trinajstić information content (AvgIpc) is 3.03. The van der Waals surface area contributed by atoms with E-state index >= 15 is 0 Å². The van der Waals surface area contributed by atoms with Crippen LogP contribution in [-0.2, 0) is 11.3 Å². The van der Waals surface area contributed by atoms with Gasteiger partial charge in [0.25, 0.3) is 0 Å². The number of hydrogen-bond donors (Lipinski definition) is 2. The molecular formula is C18H18N4O3. The third-order valence-corrected chi connectivity index (χ3v) is 4.02. The summed E-state index contributed by atoms with van der Waals surface area (Å²) in [6, 6.07) is 13.3. The van der Waals surface area contributed by atoms with E-state index in [2.05, 4.69) is 15.2 Å². The standard InChI is InChI=1S/C18H18N4O3/c1-22(11-16-19-18(25)21-20-16)17(24)10-9-15(23)14-8-4-6-12-5-2-3-7-13(12)14/h2-8H,9-11H2,1H3,(H2,19,20,21,25). The van der Waals surface area contributed by atoms with Crippen LogP contribution in [0.3, 0.4) is 0 Å². The van der Waals surface area contributed by atoms with E-state index in [9.17, 15) is 14.4 Å². The molecule has 3 rings (SSSR count). The van der Waals surface area contributed by atoms with Crippen molar-refractivity contribution in [2.24, 2.45) is 0 Å². The number of aromatic nitrogens is 3. The van der Waals surface area contributed by atoms with E-state index in [-0.39, 0.29) is 31.1 Å². The van der Waals surface area contributed by atoms with Crippen LogP contribution in [0.25, 0.3) is 10.8 Å². The number of hydrogen-bond acceptors (Lipinski definition) is 4. The van der Waals surface area contributed by atoms with E-state index in [1.165, 1.54) is 4.90 Å². The molecule has 1 aromatic heterocycles. The number of ketones is 1. The number of amides is 1. The van der Waals surface area contributed by atoms with Crippen molar-refractivity contribution in [2.75, 3.05) is 7.05 Å². The van der Waals surface area contributed by atoms with Crippen molar-refractivity contribution in [3.63, 3.8) is 0 Å². The van der Waals surface area contributed by atoms with Gasteiger partial charge in [0.05, 0.1) is 6.54 Å². The maximum Gasteiger partial charge on any atom is 0.340 e. The van der Waals surface area contributed by atoms with E-state index in [0.29, 0.717) is 11.4 Å². The first kappa shape index (κ1) is 16.6. The van der Waals surface area contributed by atoms with Gasteiger partial charge in [-0.3, -0.25) is 14.6 Å². The minimum atomic E-state index is -0.415. The van der Waals surface area contributed by atoms with Crippen molar-refractivity contribution in [2.45, 2.75) is 19.4 Å². The van der Waals surface area contributed by atoms with Gasteiger partial charge in [0, 0.05) is 25.5 Å². The van der Waals surface area contributed by atoms with E-state index in [1.54, 1.807) is 13.1 Å². The van der Waals surface area contributed by atoms with Crippen LogP contribution in [-0.4, -0.2) is 38.8 Å². The second kappa shape index (κ2) is 7.12. The predicted octanol–water partition coefficient (Wildman–Crippen LogP) is 1.87. The number of carbonyl (C=O) groups is 2. The van der Waals surface area contributed by atoms with Crippen molar-refractivity contribution < 1.29 is 9.59 Å². The molecule has 2 N–H and O–H groups in total. The molecule has 3 aromatic rings. The Kier molecular flexibility index (Phi) is 4.74. The summed E-state index contributed by atoms with van der Waals surface area (Å²) in [7, 11) is 1.61. The Balaban J connectivity index is 1.63. The first-order chi connectivity index (χ1) is 12.0. The summed E-state index contributed by atoms with van der Waals surface area (Å²) >= 11 is 0. The van der Waals surface area contributed by atoms with Crippen LogP contribution in [0.2, 0.25) is 0 Å². The Morgan fingerprint density at radius 1 is 1.08 bits per heavy atom. The van der Waals surface area contributed by atoms with E-state index in [4.69, 9.17) is 0 Å². The number of nitrogens with zero attached hydrogens (tertiary/aromatic N) is 2. The number of Topliss-reactive ketones (excluding diaryl/α,β-unsaturated/α-hetero) is 1. The fourth-order valence-electron chi connectivity index (χ4n) is 2.71. The number of aromatic amines is 2. The zero-order valence-corrected chi connectivity index (χ0v) is 13.8. The summed E-state index contributed by atoms with van der Waals surface area (Å²) in [5.41, 5.74) is 0.215. The molecule has 0 spiro atoms. The first-order valence-corrected chi connectivity index (χ1v) is 7.93. The summed E-state index contributed by atoms with van der Waals surface area (Å²) in [5.74, 6) is 0.130. The van der Waals surface area contributed by atoms with E-state index in [1.807, 2.05) is 36.4 Å². The Morgan fingerprint density at radius 3 is 2.60 bits per heavy atom. The monoisotopic (exact) mass is 338 g/mol. The minimum Gasteiger partial charge on any atom is -0.338 e. The lowest BCUT2D eigenvalue weighted by atomic mass is 9.99. The molecule has 1 amide bonds. The molecule has 0 atom stereocenters. The van der Waals surface area contributed by atoms with Crippen LogP contribution in [0.15, 0.2) is 47.3 Å². The molecule has 0 saturated carbocycles. The van der Waals surface area contributed by atoms with E-state index in [0.717, 1.165) is 10.8 Å². The topological polar surface area (TPSA) is 98.9 Å². The van der Waals surface area contributed by atoms with Gasteiger partial charge in [0.1, 0.15) is 0 Å². The third-order valence-electron chi connectivity index (χ3n) is 4.02. The fraction of sp³-hybridized carbons (Fsp3) is 0.222. The van der Waals surface area contributed by atoms with Gasteiger partial charge in [-0.15, -0.1) is 0 Å². The van der Waals surface area contributed by atoms with Crippen molar-refractivity contribution in [3.05, 3.63) is 64.3 Å². The predicted molar refractivity (Wildman–Crippen MR) is 93.2 cm³/mol. The van der Waals surface area contributed by atoms with Gasteiger partial charge in [-0.25, -0.2) is 9.89 Å². The van der Waals surface area contributed by atoms with Crippen molar-refractivity contribution in [3.8, 4) is 0 Å². The highest BCUT2D eigenvalue weighted by Crippen LogP contribution is 2.20. The molecule has 7 heteroatoms. The second-order valence-corrected chi connectivity index (χ2v) is 5.82. The van der Waals surface area contributed by atoms with Gasteiger partial charge < -0.3 is 4.90 Å². The molecular weight excluding hydrogens is 320 g/mol. The molecule has 0 unspecified atom stereocenters. The van der Waals surface area contributed by atoms with Gasteiger partial charge in [0.2, 0.25) is 5.91 Å². The third kappa shape index (κ3) is 3.82. The van der Waals surface area contributed by atoms with Crippen LogP contribution in [0.4, 0.5) is 0 Å². The number of rotatable bonds is 6. The lowest BCUT2D eigenvalue weighted by Gasteiger charge is -2.15. The number of benzene rings is 2. The van der Waals surface area contributed by atoms with Gasteiger partial charge in [-0.2, -0.15) is 5.10 Å². The molecule has 7 nitrogen and oxygen atoms in total. The molecule has 2 aromatic carbocycles. The lowest BCUT2D eigenvalue weighted by Crippen LogP contribution is -2.27. The molecule has 0 aliphatic heterocycles. The number of nitrogens with one attached hydrogen (secondary N) is 2. The Hall–Kier alpha value is -3.22. The summed E-state index contributed by atoms with van der Waals surface area (Å²) in [6.45, 7) is 0.181. The SMILES string of the molecule is CN(Cc1n[nH]c(=O)[nH]1)C(=O)CCC(=O)c1cccc2ccccc12. The highest BCUT2D eigenvalue weighted by molar-refractivity contribution is 6.08. The minimum absolute atomic E-state index is 0.0632. The Bertz CT molecular complexity index is 968. The Labute approximate surface area is 143 Å². The quantitative estimate of drug-likeness (QED) is 0.670. The summed E-state index contributed by atoms with van der Waals surface area (Å²) in [4.78, 5) is 39.6. The maximum atomic E-state index is 12.5. The lowest BCUT2D eigenvalue weighted by molar-refractivity contribution is -0.130. The molecule has 1 heterocycles. The van der Waals surface area contributed by atoms with Crippen LogP contribution < -0.4 is 5.69 Å². The Morgan fingerprint density at radius 2 is 1.84 bits per heavy atom. The zero-order chi connectivity index (χ0) is 17.8. The number of fused-ring (bicyclic) bond motifs is 1. The zero-order valence-electron chi connectivity index (χ0n) is 13.8. The molecule has 0 aliphatic carbocycles. The normalized spacial score (nSPS) is 10.8. The molecule has 128 valence electrons. The van der Waals surface area contributed by atoms with E-state index < -0.39 is 5.69 Å². The van der Waals surface area contributed by atoms with Gasteiger partial charge in [-0.05, 0) is 10.8 Å². The number of carbonyl (C=O) groups excluding carboxylic acids is 2. The fourth-order valence-corrected chi connectivity index (χ4v) is 2.71. The highest BCUT2D eigenvalue weighted by Gasteiger charge is 2.15. The molecule has 25 heavy (non-hydrogen) atoms. The van der Waals surface area contributed by atoms with Gasteiger partial charge >= 0.3 is 5.69 Å². The molecule has 0 radical (unpaired) electrons. The van der Waals surface area contributed by atoms with Gasteiger partial charge in [0.15, 0.2) is 11.6 Å². The van der Waals surface area contributed by atoms with Crippen LogP contribution in [0.1, 0.15) is 29.0 Å². The summed E-state index contributed by atoms with van der Waals surface area (Å²) in [5, 5.41) is 7.90.